The summed E-state index contributed by atoms with van der Waals surface area (Å²) in [5.41, 5.74) is 2.23. The molecule has 2 nitrogen and oxygen atoms in total. The average Bonchev–Trinajstić information content (AvgIpc) is 2.07. The number of hydrogen-bond acceptors (Lipinski definition) is 2. The van der Waals surface area contributed by atoms with Crippen LogP contribution in [0.4, 0.5) is 15.8 Å². The Hall–Kier alpha value is -1.38. The molecule has 0 saturated heterocycles. The molecule has 1 aliphatic rings. The van der Waals surface area contributed by atoms with Crippen molar-refractivity contribution in [3.8, 4) is 0 Å². The van der Waals surface area contributed by atoms with Crippen LogP contribution >= 0.6 is 0 Å². The van der Waals surface area contributed by atoms with Gasteiger partial charge in [-0.05, 0) is 24.6 Å². The molecule has 0 atom stereocenters. The number of hydrogen-bond donors (Lipinski definition) is 1. The van der Waals surface area contributed by atoms with Gasteiger partial charge in [-0.2, -0.15) is 0 Å². The van der Waals surface area contributed by atoms with Gasteiger partial charge in [0.05, 0.1) is 17.9 Å². The Morgan fingerprint density at radius 2 is 2.33 bits per heavy atom. The van der Waals surface area contributed by atoms with Gasteiger partial charge in [0.15, 0.2) is 0 Å². The quantitative estimate of drug-likeness (QED) is 0.625. The van der Waals surface area contributed by atoms with Gasteiger partial charge in [0.2, 0.25) is 0 Å². The molecule has 12 heavy (non-hydrogen) atoms. The second-order valence-electron chi connectivity index (χ2n) is 2.81. The summed E-state index contributed by atoms with van der Waals surface area (Å²) in [4.78, 5) is 4.14. The van der Waals surface area contributed by atoms with Crippen LogP contribution in [0, 0.1) is 12.7 Å². The van der Waals surface area contributed by atoms with Crippen molar-refractivity contribution >= 4 is 17.6 Å². The number of halogens is 1. The van der Waals surface area contributed by atoms with E-state index in [1.165, 1.54) is 6.07 Å². The first-order chi connectivity index (χ1) is 5.77. The fourth-order valence-corrected chi connectivity index (χ4v) is 1.21. The van der Waals surface area contributed by atoms with E-state index in [0.717, 1.165) is 11.4 Å². The van der Waals surface area contributed by atoms with Gasteiger partial charge in [-0.1, -0.05) is 0 Å². The van der Waals surface area contributed by atoms with Gasteiger partial charge in [-0.3, -0.25) is 4.99 Å². The Bertz CT molecular complexity index is 345. The topological polar surface area (TPSA) is 24.4 Å². The number of fused-ring (bicyclic) bond motifs is 1. The number of anilines is 1. The van der Waals surface area contributed by atoms with Gasteiger partial charge in [0.1, 0.15) is 5.82 Å². The Kier molecular flexibility index (Phi) is 1.57. The number of aliphatic imine (C=N–C) groups is 1. The molecule has 62 valence electrons. The summed E-state index contributed by atoms with van der Waals surface area (Å²) in [7, 11) is 0. The lowest BCUT2D eigenvalue weighted by Gasteiger charge is -2.12. The van der Waals surface area contributed by atoms with Crippen molar-refractivity contribution in [2.45, 2.75) is 6.92 Å². The smallest absolute Gasteiger partial charge is 0.128 e. The molecule has 3 heteroatoms. The minimum Gasteiger partial charge on any atom is -0.378 e. The van der Waals surface area contributed by atoms with E-state index in [1.54, 1.807) is 19.2 Å². The second-order valence-corrected chi connectivity index (χ2v) is 2.81. The Labute approximate surface area is 70.1 Å². The molecule has 0 unspecified atom stereocenters. The molecule has 2 rings (SSSR count). The number of rotatable bonds is 0. The Morgan fingerprint density at radius 1 is 1.50 bits per heavy atom. The fraction of sp³-hybridized carbons (Fsp3) is 0.222. The van der Waals surface area contributed by atoms with Crippen molar-refractivity contribution in [1.29, 1.82) is 0 Å². The Balaban J connectivity index is 2.58. The molecular formula is C9H9FN2. The van der Waals surface area contributed by atoms with E-state index in [2.05, 4.69) is 10.3 Å². The Morgan fingerprint density at radius 3 is 3.17 bits per heavy atom. The first kappa shape index (κ1) is 7.28. The van der Waals surface area contributed by atoms with Crippen molar-refractivity contribution in [3.63, 3.8) is 0 Å². The highest BCUT2D eigenvalue weighted by atomic mass is 19.1. The maximum atomic E-state index is 13.0. The largest absolute Gasteiger partial charge is 0.378 e. The summed E-state index contributed by atoms with van der Waals surface area (Å²) in [5.74, 6) is -0.182. The molecule has 0 radical (unpaired) electrons. The van der Waals surface area contributed by atoms with Gasteiger partial charge in [-0.25, -0.2) is 4.39 Å². The molecule has 0 saturated carbocycles. The SMILES string of the molecule is Cc1cc2c(cc1F)NCC=N2. The van der Waals surface area contributed by atoms with Gasteiger partial charge < -0.3 is 5.32 Å². The van der Waals surface area contributed by atoms with Crippen LogP contribution in [0.1, 0.15) is 5.56 Å². The molecule has 1 aliphatic heterocycles. The van der Waals surface area contributed by atoms with Crippen LogP contribution in [0.5, 0.6) is 0 Å². The predicted octanol–water partition coefficient (Wildman–Crippen LogP) is 2.26. The van der Waals surface area contributed by atoms with Gasteiger partial charge in [0.25, 0.3) is 0 Å². The van der Waals surface area contributed by atoms with Crippen LogP contribution < -0.4 is 5.32 Å². The second kappa shape index (κ2) is 2.59. The zero-order valence-electron chi connectivity index (χ0n) is 6.76. The van der Waals surface area contributed by atoms with Crippen LogP contribution in [-0.2, 0) is 0 Å². The number of benzene rings is 1. The number of nitrogens with zero attached hydrogens (tertiary/aromatic N) is 1. The predicted molar refractivity (Wildman–Crippen MR) is 47.8 cm³/mol. The lowest BCUT2D eigenvalue weighted by Crippen LogP contribution is -2.07. The van der Waals surface area contributed by atoms with E-state index in [4.69, 9.17) is 0 Å². The molecular weight excluding hydrogens is 155 g/mol. The lowest BCUT2D eigenvalue weighted by molar-refractivity contribution is 0.619. The van der Waals surface area contributed by atoms with E-state index >= 15 is 0 Å². The van der Waals surface area contributed by atoms with Crippen LogP contribution in [0.15, 0.2) is 17.1 Å². The van der Waals surface area contributed by atoms with Crippen molar-refractivity contribution in [2.24, 2.45) is 4.99 Å². The minimum atomic E-state index is -0.182. The lowest BCUT2D eigenvalue weighted by atomic mass is 10.1. The highest BCUT2D eigenvalue weighted by Crippen LogP contribution is 2.29. The van der Waals surface area contributed by atoms with Crippen molar-refractivity contribution in [1.82, 2.24) is 0 Å². The maximum absolute atomic E-state index is 13.0. The molecule has 0 fully saturated rings. The summed E-state index contributed by atoms with van der Waals surface area (Å²) >= 11 is 0. The van der Waals surface area contributed by atoms with Crippen molar-refractivity contribution < 1.29 is 4.39 Å². The fourth-order valence-electron chi connectivity index (χ4n) is 1.21. The van der Waals surface area contributed by atoms with Crippen LogP contribution in [0.25, 0.3) is 0 Å². The summed E-state index contributed by atoms with van der Waals surface area (Å²) in [6.45, 7) is 2.41. The molecule has 1 heterocycles. The number of nitrogens with one attached hydrogen (secondary N) is 1. The number of aryl methyl sites for hydroxylation is 1. The highest BCUT2D eigenvalue weighted by Gasteiger charge is 2.07. The summed E-state index contributed by atoms with van der Waals surface area (Å²) in [6, 6.07) is 3.23. The maximum Gasteiger partial charge on any atom is 0.128 e. The molecule has 1 N–H and O–H groups in total. The molecule has 1 aromatic rings. The van der Waals surface area contributed by atoms with Crippen molar-refractivity contribution in [2.75, 3.05) is 11.9 Å². The van der Waals surface area contributed by atoms with Crippen molar-refractivity contribution in [3.05, 3.63) is 23.5 Å². The monoisotopic (exact) mass is 164 g/mol. The third-order valence-electron chi connectivity index (χ3n) is 1.89. The summed E-state index contributed by atoms with van der Waals surface area (Å²) in [5, 5.41) is 3.04. The zero-order valence-corrected chi connectivity index (χ0v) is 6.76. The standard InChI is InChI=1S/C9H9FN2/c1-6-4-8-9(5-7(6)10)12-3-2-11-8/h2,4-5,12H,3H2,1H3. The average molecular weight is 164 g/mol. The third kappa shape index (κ3) is 1.07. The minimum absolute atomic E-state index is 0.182. The van der Waals surface area contributed by atoms with Gasteiger partial charge >= 0.3 is 0 Å². The van der Waals surface area contributed by atoms with E-state index in [9.17, 15) is 4.39 Å². The van der Waals surface area contributed by atoms with Crippen LogP contribution in [0.3, 0.4) is 0 Å². The van der Waals surface area contributed by atoms with E-state index in [1.807, 2.05) is 0 Å². The summed E-state index contributed by atoms with van der Waals surface area (Å²) in [6.07, 6.45) is 1.78. The first-order valence-corrected chi connectivity index (χ1v) is 3.84. The molecule has 1 aromatic carbocycles. The third-order valence-corrected chi connectivity index (χ3v) is 1.89. The molecule has 0 spiro atoms. The van der Waals surface area contributed by atoms with E-state index < -0.39 is 0 Å². The summed E-state index contributed by atoms with van der Waals surface area (Å²) < 4.78 is 13.0. The van der Waals surface area contributed by atoms with Crippen LogP contribution in [0.2, 0.25) is 0 Å². The molecule has 0 bridgehead atoms. The highest BCUT2D eigenvalue weighted by molar-refractivity contribution is 5.80. The van der Waals surface area contributed by atoms with E-state index in [-0.39, 0.29) is 5.82 Å². The molecule has 0 amide bonds. The van der Waals surface area contributed by atoms with E-state index in [0.29, 0.717) is 12.1 Å². The normalized spacial score (nSPS) is 13.8. The van der Waals surface area contributed by atoms with Gasteiger partial charge in [-0.15, -0.1) is 0 Å². The molecule has 0 aromatic heterocycles. The van der Waals surface area contributed by atoms with Crippen LogP contribution in [-0.4, -0.2) is 12.8 Å². The van der Waals surface area contributed by atoms with Gasteiger partial charge in [0, 0.05) is 6.21 Å². The zero-order chi connectivity index (χ0) is 8.55. The molecule has 0 aliphatic carbocycles. The first-order valence-electron chi connectivity index (χ1n) is 3.84.